The smallest absolute Gasteiger partial charge is 0.155 e. The molecule has 1 aliphatic heterocycles. The molecule has 0 N–H and O–H groups in total. The summed E-state index contributed by atoms with van der Waals surface area (Å²) in [7, 11) is 0. The molecule has 4 aliphatic carbocycles. The van der Waals surface area contributed by atoms with E-state index in [2.05, 4.69) is 18.7 Å². The average molecular weight is 356 g/mol. The van der Waals surface area contributed by atoms with Crippen LogP contribution in [0.4, 0.5) is 0 Å². The summed E-state index contributed by atoms with van der Waals surface area (Å²) in [5.74, 6) is 3.15. The van der Waals surface area contributed by atoms with E-state index < -0.39 is 0 Å². The van der Waals surface area contributed by atoms with E-state index >= 15 is 0 Å². The van der Waals surface area contributed by atoms with E-state index in [1.54, 1.807) is 0 Å². The van der Waals surface area contributed by atoms with Gasteiger partial charge in [-0.25, -0.2) is 0 Å². The van der Waals surface area contributed by atoms with Gasteiger partial charge in [0, 0.05) is 31.5 Å². The Morgan fingerprint density at radius 1 is 1.12 bits per heavy atom. The van der Waals surface area contributed by atoms with Gasteiger partial charge in [-0.3, -0.25) is 14.5 Å². The highest BCUT2D eigenvalue weighted by Gasteiger charge is 2.63. The van der Waals surface area contributed by atoms with E-state index in [9.17, 15) is 9.59 Å². The predicted octanol–water partition coefficient (Wildman–Crippen LogP) is 4.02. The van der Waals surface area contributed by atoms with Crippen LogP contribution in [0, 0.1) is 34.5 Å². The maximum absolute atomic E-state index is 12.4. The summed E-state index contributed by atoms with van der Waals surface area (Å²) >= 11 is 0. The van der Waals surface area contributed by atoms with Crippen molar-refractivity contribution in [3.63, 3.8) is 0 Å². The molecular weight excluding hydrogens is 322 g/mol. The molecule has 7 atom stereocenters. The van der Waals surface area contributed by atoms with Crippen molar-refractivity contribution in [2.45, 2.75) is 71.8 Å². The van der Waals surface area contributed by atoms with Gasteiger partial charge in [-0.1, -0.05) is 19.4 Å². The number of carbonyl (C=O) groups is 2. The van der Waals surface area contributed by atoms with Gasteiger partial charge in [-0.15, -0.1) is 0 Å². The first kappa shape index (κ1) is 17.2. The Kier molecular flexibility index (Phi) is 3.65. The Morgan fingerprint density at radius 2 is 1.88 bits per heavy atom. The molecule has 0 spiro atoms. The minimum atomic E-state index is 0.212. The van der Waals surface area contributed by atoms with Crippen LogP contribution >= 0.6 is 0 Å². The van der Waals surface area contributed by atoms with Crippen LogP contribution in [0.15, 0.2) is 11.6 Å². The normalized spacial score (nSPS) is 50.5. The molecule has 0 aromatic heterocycles. The van der Waals surface area contributed by atoms with Crippen molar-refractivity contribution in [3.05, 3.63) is 11.6 Å². The third kappa shape index (κ3) is 2.22. The van der Waals surface area contributed by atoms with Gasteiger partial charge in [-0.2, -0.15) is 0 Å². The minimum absolute atomic E-state index is 0.212. The van der Waals surface area contributed by atoms with Crippen LogP contribution in [0.5, 0.6) is 0 Å². The average Bonchev–Trinajstić information content (AvgIpc) is 3.36. The minimum Gasteiger partial charge on any atom is -0.300 e. The van der Waals surface area contributed by atoms with Crippen LogP contribution < -0.4 is 0 Å². The first-order chi connectivity index (χ1) is 12.3. The van der Waals surface area contributed by atoms with Gasteiger partial charge in [0.25, 0.3) is 0 Å². The van der Waals surface area contributed by atoms with Crippen LogP contribution in [0.1, 0.15) is 65.7 Å². The summed E-state index contributed by atoms with van der Waals surface area (Å²) in [4.78, 5) is 27.2. The molecule has 5 aliphatic rings. The summed E-state index contributed by atoms with van der Waals surface area (Å²) in [6.45, 7) is 9.17. The molecule has 0 aromatic carbocycles. The molecule has 4 fully saturated rings. The van der Waals surface area contributed by atoms with E-state index in [4.69, 9.17) is 0 Å². The highest BCUT2D eigenvalue weighted by molar-refractivity contribution is 5.91. The van der Waals surface area contributed by atoms with Gasteiger partial charge in [0.15, 0.2) is 5.78 Å². The lowest BCUT2D eigenvalue weighted by molar-refractivity contribution is -0.130. The fraction of sp³-hybridized carbons (Fsp3) is 0.826. The van der Waals surface area contributed by atoms with Crippen molar-refractivity contribution in [1.82, 2.24) is 4.90 Å². The number of Topliss-reactive ketones (excluding diaryl/α,β-unsaturated/α-hetero) is 1. The SMILES string of the molecule is CC(=O)C1CCC2C3C(N4CC4)CC4=CC(=O)CCC4(C)C3CCC12C. The Morgan fingerprint density at radius 3 is 2.58 bits per heavy atom. The molecule has 7 unspecified atom stereocenters. The van der Waals surface area contributed by atoms with Crippen molar-refractivity contribution in [3.8, 4) is 0 Å². The van der Waals surface area contributed by atoms with E-state index in [0.29, 0.717) is 29.4 Å². The Balaban J connectivity index is 1.56. The fourth-order valence-corrected chi connectivity index (χ4v) is 7.96. The monoisotopic (exact) mass is 355 g/mol. The fourth-order valence-electron chi connectivity index (χ4n) is 7.96. The molecule has 0 bridgehead atoms. The maximum atomic E-state index is 12.4. The van der Waals surface area contributed by atoms with Crippen molar-refractivity contribution < 1.29 is 9.59 Å². The second kappa shape index (κ2) is 5.53. The Hall–Kier alpha value is -0.960. The van der Waals surface area contributed by atoms with Crippen molar-refractivity contribution in [1.29, 1.82) is 0 Å². The lowest BCUT2D eigenvalue weighted by Gasteiger charge is -2.60. The van der Waals surface area contributed by atoms with Gasteiger partial charge in [-0.05, 0) is 80.1 Å². The number of fused-ring (bicyclic) bond motifs is 5. The predicted molar refractivity (Wildman–Crippen MR) is 102 cm³/mol. The first-order valence-electron chi connectivity index (χ1n) is 10.8. The van der Waals surface area contributed by atoms with Crippen LogP contribution in [0.2, 0.25) is 0 Å². The zero-order chi connectivity index (χ0) is 18.3. The van der Waals surface area contributed by atoms with E-state index in [1.165, 1.54) is 37.9 Å². The molecule has 3 nitrogen and oxygen atoms in total. The highest BCUT2D eigenvalue weighted by Crippen LogP contribution is 2.67. The molecule has 26 heavy (non-hydrogen) atoms. The molecule has 3 saturated carbocycles. The van der Waals surface area contributed by atoms with E-state index in [0.717, 1.165) is 31.6 Å². The van der Waals surface area contributed by atoms with Crippen molar-refractivity contribution >= 4 is 11.6 Å². The number of hydrogen-bond donors (Lipinski definition) is 0. The van der Waals surface area contributed by atoms with Crippen LogP contribution in [0.25, 0.3) is 0 Å². The molecule has 0 radical (unpaired) electrons. The number of ketones is 2. The number of carbonyl (C=O) groups excluding carboxylic acids is 2. The zero-order valence-corrected chi connectivity index (χ0v) is 16.6. The van der Waals surface area contributed by atoms with Crippen molar-refractivity contribution in [2.24, 2.45) is 34.5 Å². The van der Waals surface area contributed by atoms with Gasteiger partial charge >= 0.3 is 0 Å². The molecule has 1 heterocycles. The van der Waals surface area contributed by atoms with Gasteiger partial charge < -0.3 is 0 Å². The first-order valence-corrected chi connectivity index (χ1v) is 10.8. The van der Waals surface area contributed by atoms with E-state index in [1.807, 2.05) is 13.0 Å². The van der Waals surface area contributed by atoms with Gasteiger partial charge in [0.1, 0.15) is 5.78 Å². The molecule has 0 amide bonds. The van der Waals surface area contributed by atoms with Crippen LogP contribution in [-0.4, -0.2) is 35.6 Å². The molecule has 3 heteroatoms. The van der Waals surface area contributed by atoms with Crippen LogP contribution in [-0.2, 0) is 9.59 Å². The summed E-state index contributed by atoms with van der Waals surface area (Å²) in [5, 5.41) is 0. The number of nitrogens with zero attached hydrogens (tertiary/aromatic N) is 1. The lowest BCUT2D eigenvalue weighted by Crippen LogP contribution is -2.57. The molecule has 142 valence electrons. The van der Waals surface area contributed by atoms with Gasteiger partial charge in [0.2, 0.25) is 0 Å². The van der Waals surface area contributed by atoms with Crippen molar-refractivity contribution in [2.75, 3.05) is 13.1 Å². The second-order valence-electron chi connectivity index (χ2n) is 10.4. The molecule has 0 aromatic rings. The third-order valence-corrected chi connectivity index (χ3v) is 9.43. The standard InChI is InChI=1S/C23H33NO2/c1-14(25)17-4-5-18-21-19(7-9-23(17,18)3)22(2)8-6-16(26)12-15(22)13-20(21)24-10-11-24/h12,17-21H,4-11,13H2,1-3H3. The summed E-state index contributed by atoms with van der Waals surface area (Å²) in [6.07, 6.45) is 9.68. The third-order valence-electron chi connectivity index (χ3n) is 9.43. The van der Waals surface area contributed by atoms with E-state index in [-0.39, 0.29) is 16.7 Å². The molecule has 1 saturated heterocycles. The number of rotatable bonds is 2. The zero-order valence-electron chi connectivity index (χ0n) is 16.6. The molecule has 5 rings (SSSR count). The topological polar surface area (TPSA) is 37.1 Å². The number of hydrogen-bond acceptors (Lipinski definition) is 3. The quantitative estimate of drug-likeness (QED) is 0.702. The summed E-state index contributed by atoms with van der Waals surface area (Å²) in [6, 6.07) is 0.612. The Labute approximate surface area is 157 Å². The van der Waals surface area contributed by atoms with Crippen LogP contribution in [0.3, 0.4) is 0 Å². The molecular formula is C23H33NO2. The lowest BCUT2D eigenvalue weighted by atomic mass is 9.45. The maximum Gasteiger partial charge on any atom is 0.155 e. The largest absolute Gasteiger partial charge is 0.300 e. The Bertz CT molecular complexity index is 692. The highest BCUT2D eigenvalue weighted by atomic mass is 16.1. The second-order valence-corrected chi connectivity index (χ2v) is 10.4. The van der Waals surface area contributed by atoms with Gasteiger partial charge in [0.05, 0.1) is 0 Å². The summed E-state index contributed by atoms with van der Waals surface area (Å²) < 4.78 is 0. The summed E-state index contributed by atoms with van der Waals surface area (Å²) in [5.41, 5.74) is 1.89.